The molecule has 0 aliphatic rings. The Morgan fingerprint density at radius 3 is 2.27 bits per heavy atom. The Labute approximate surface area is 90.6 Å². The second-order valence-corrected chi connectivity index (χ2v) is 4.57. The standard InChI is InChI=1S/C11H20O4/c1-5-8(12)6-9(13)7-10(14)15-11(2,3)4/h8,12H,5-7H2,1-4H3. The summed E-state index contributed by atoms with van der Waals surface area (Å²) in [6.45, 7) is 7.02. The van der Waals surface area contributed by atoms with E-state index in [-0.39, 0.29) is 18.6 Å². The fraction of sp³-hybridized carbons (Fsp3) is 0.818. The number of ether oxygens (including phenoxy) is 1. The van der Waals surface area contributed by atoms with Gasteiger partial charge in [-0.1, -0.05) is 6.92 Å². The molecule has 1 N–H and O–H groups in total. The van der Waals surface area contributed by atoms with E-state index in [2.05, 4.69) is 0 Å². The monoisotopic (exact) mass is 216 g/mol. The number of aliphatic hydroxyl groups is 1. The molecule has 0 saturated heterocycles. The summed E-state index contributed by atoms with van der Waals surface area (Å²) < 4.78 is 4.98. The number of carbonyl (C=O) groups is 2. The molecule has 0 aliphatic heterocycles. The molecule has 0 heterocycles. The summed E-state index contributed by atoms with van der Waals surface area (Å²) in [7, 11) is 0. The molecular weight excluding hydrogens is 196 g/mol. The van der Waals surface area contributed by atoms with E-state index in [4.69, 9.17) is 4.74 Å². The first kappa shape index (κ1) is 14.1. The van der Waals surface area contributed by atoms with Crippen molar-refractivity contribution in [2.45, 2.75) is 58.7 Å². The molecule has 0 rings (SSSR count). The summed E-state index contributed by atoms with van der Waals surface area (Å²) in [4.78, 5) is 22.5. The minimum Gasteiger partial charge on any atom is -0.460 e. The maximum absolute atomic E-state index is 11.2. The Morgan fingerprint density at radius 2 is 1.87 bits per heavy atom. The van der Waals surface area contributed by atoms with E-state index >= 15 is 0 Å². The zero-order valence-corrected chi connectivity index (χ0v) is 9.87. The lowest BCUT2D eigenvalue weighted by Crippen LogP contribution is -2.26. The molecule has 0 amide bonds. The van der Waals surface area contributed by atoms with Gasteiger partial charge in [0.1, 0.15) is 17.8 Å². The zero-order valence-electron chi connectivity index (χ0n) is 9.87. The van der Waals surface area contributed by atoms with Crippen LogP contribution in [0.4, 0.5) is 0 Å². The van der Waals surface area contributed by atoms with E-state index in [1.165, 1.54) is 0 Å². The van der Waals surface area contributed by atoms with Crippen LogP contribution in [0.15, 0.2) is 0 Å². The Morgan fingerprint density at radius 1 is 1.33 bits per heavy atom. The van der Waals surface area contributed by atoms with Gasteiger partial charge >= 0.3 is 5.97 Å². The van der Waals surface area contributed by atoms with E-state index in [9.17, 15) is 14.7 Å². The average molecular weight is 216 g/mol. The Hall–Kier alpha value is -0.900. The maximum atomic E-state index is 11.2. The summed E-state index contributed by atoms with van der Waals surface area (Å²) in [6, 6.07) is 0. The lowest BCUT2D eigenvalue weighted by molar-refractivity contribution is -0.156. The molecule has 0 fully saturated rings. The highest BCUT2D eigenvalue weighted by molar-refractivity contribution is 5.95. The number of hydrogen-bond donors (Lipinski definition) is 1. The van der Waals surface area contributed by atoms with Crippen LogP contribution in [0.3, 0.4) is 0 Å². The van der Waals surface area contributed by atoms with Crippen LogP contribution in [0.25, 0.3) is 0 Å². The van der Waals surface area contributed by atoms with Gasteiger partial charge in [-0.15, -0.1) is 0 Å². The number of aliphatic hydroxyl groups excluding tert-OH is 1. The average Bonchev–Trinajstić information content (AvgIpc) is 1.99. The van der Waals surface area contributed by atoms with Crippen LogP contribution in [-0.2, 0) is 14.3 Å². The Bertz CT molecular complexity index is 227. The molecule has 0 saturated carbocycles. The number of carbonyl (C=O) groups excluding carboxylic acids is 2. The first-order chi connectivity index (χ1) is 6.74. The lowest BCUT2D eigenvalue weighted by Gasteiger charge is -2.19. The molecule has 0 spiro atoms. The summed E-state index contributed by atoms with van der Waals surface area (Å²) in [6.07, 6.45) is -0.371. The summed E-state index contributed by atoms with van der Waals surface area (Å²) >= 11 is 0. The van der Waals surface area contributed by atoms with Gasteiger partial charge in [-0.3, -0.25) is 9.59 Å². The van der Waals surface area contributed by atoms with Gasteiger partial charge in [-0.05, 0) is 27.2 Å². The van der Waals surface area contributed by atoms with Crippen LogP contribution in [0.1, 0.15) is 47.0 Å². The number of rotatable bonds is 5. The van der Waals surface area contributed by atoms with Crippen LogP contribution >= 0.6 is 0 Å². The minimum absolute atomic E-state index is 0.0236. The van der Waals surface area contributed by atoms with Gasteiger partial charge in [0.25, 0.3) is 0 Å². The summed E-state index contributed by atoms with van der Waals surface area (Å²) in [5, 5.41) is 9.20. The molecule has 0 aromatic heterocycles. The van der Waals surface area contributed by atoms with Crippen LogP contribution in [0.2, 0.25) is 0 Å². The Kier molecular flexibility index (Phi) is 5.50. The van der Waals surface area contributed by atoms with Gasteiger partial charge in [0.15, 0.2) is 0 Å². The second-order valence-electron chi connectivity index (χ2n) is 4.57. The third-order valence-electron chi connectivity index (χ3n) is 1.70. The van der Waals surface area contributed by atoms with Crippen LogP contribution in [0.5, 0.6) is 0 Å². The van der Waals surface area contributed by atoms with Gasteiger partial charge in [-0.2, -0.15) is 0 Å². The maximum Gasteiger partial charge on any atom is 0.313 e. The molecule has 0 bridgehead atoms. The van der Waals surface area contributed by atoms with Crippen molar-refractivity contribution in [3.63, 3.8) is 0 Å². The second kappa shape index (κ2) is 5.85. The van der Waals surface area contributed by atoms with E-state index < -0.39 is 17.7 Å². The molecule has 0 radical (unpaired) electrons. The minimum atomic E-state index is -0.653. The number of esters is 1. The normalized spacial score (nSPS) is 13.4. The SMILES string of the molecule is CCC(O)CC(=O)CC(=O)OC(C)(C)C. The highest BCUT2D eigenvalue weighted by Gasteiger charge is 2.19. The molecule has 1 unspecified atom stereocenters. The molecule has 0 aromatic rings. The summed E-state index contributed by atoms with van der Waals surface area (Å²) in [5.74, 6) is -0.811. The van der Waals surface area contributed by atoms with Gasteiger partial charge < -0.3 is 9.84 Å². The topological polar surface area (TPSA) is 63.6 Å². The smallest absolute Gasteiger partial charge is 0.313 e. The highest BCUT2D eigenvalue weighted by atomic mass is 16.6. The number of ketones is 1. The quantitative estimate of drug-likeness (QED) is 0.558. The molecule has 15 heavy (non-hydrogen) atoms. The van der Waals surface area contributed by atoms with Crippen LogP contribution in [0, 0.1) is 0 Å². The Balaban J connectivity index is 3.92. The van der Waals surface area contributed by atoms with Crippen molar-refractivity contribution in [3.05, 3.63) is 0 Å². The van der Waals surface area contributed by atoms with E-state index in [0.717, 1.165) is 0 Å². The molecule has 4 heteroatoms. The molecule has 0 aliphatic carbocycles. The van der Waals surface area contributed by atoms with Crippen molar-refractivity contribution in [2.75, 3.05) is 0 Å². The van der Waals surface area contributed by atoms with Crippen LogP contribution in [-0.4, -0.2) is 28.6 Å². The van der Waals surface area contributed by atoms with Crippen molar-refractivity contribution >= 4 is 11.8 Å². The lowest BCUT2D eigenvalue weighted by atomic mass is 10.1. The fourth-order valence-corrected chi connectivity index (χ4v) is 1.02. The molecule has 4 nitrogen and oxygen atoms in total. The third-order valence-corrected chi connectivity index (χ3v) is 1.70. The van der Waals surface area contributed by atoms with Crippen molar-refractivity contribution in [3.8, 4) is 0 Å². The predicted octanol–water partition coefficient (Wildman–Crippen LogP) is 1.45. The molecule has 1 atom stereocenters. The van der Waals surface area contributed by atoms with Gasteiger partial charge in [0.2, 0.25) is 0 Å². The largest absolute Gasteiger partial charge is 0.460 e. The summed E-state index contributed by atoms with van der Waals surface area (Å²) in [5.41, 5.74) is -0.569. The van der Waals surface area contributed by atoms with Gasteiger partial charge in [0, 0.05) is 6.42 Å². The first-order valence-electron chi connectivity index (χ1n) is 5.16. The molecular formula is C11H20O4. The van der Waals surface area contributed by atoms with E-state index in [1.54, 1.807) is 27.7 Å². The first-order valence-corrected chi connectivity index (χ1v) is 5.16. The van der Waals surface area contributed by atoms with Crippen molar-refractivity contribution in [1.82, 2.24) is 0 Å². The molecule has 88 valence electrons. The van der Waals surface area contributed by atoms with Gasteiger partial charge in [0.05, 0.1) is 6.10 Å². The fourth-order valence-electron chi connectivity index (χ4n) is 1.02. The van der Waals surface area contributed by atoms with Crippen molar-refractivity contribution < 1.29 is 19.4 Å². The van der Waals surface area contributed by atoms with E-state index in [0.29, 0.717) is 6.42 Å². The number of hydrogen-bond acceptors (Lipinski definition) is 4. The van der Waals surface area contributed by atoms with Crippen molar-refractivity contribution in [2.24, 2.45) is 0 Å². The zero-order chi connectivity index (χ0) is 12.1. The number of Topliss-reactive ketones (excluding diaryl/α,β-unsaturated/α-hetero) is 1. The van der Waals surface area contributed by atoms with Gasteiger partial charge in [-0.25, -0.2) is 0 Å². The third kappa shape index (κ3) is 8.12. The van der Waals surface area contributed by atoms with E-state index in [1.807, 2.05) is 0 Å². The van der Waals surface area contributed by atoms with Crippen LogP contribution < -0.4 is 0 Å². The highest BCUT2D eigenvalue weighted by Crippen LogP contribution is 2.09. The molecule has 0 aromatic carbocycles. The van der Waals surface area contributed by atoms with Crippen molar-refractivity contribution in [1.29, 1.82) is 0 Å². The predicted molar refractivity (Wildman–Crippen MR) is 56.4 cm³/mol.